The molecule has 7 heteroatoms. The van der Waals surface area contributed by atoms with Gasteiger partial charge in [-0.25, -0.2) is 0 Å². The molecule has 0 spiro atoms. The summed E-state index contributed by atoms with van der Waals surface area (Å²) in [6.45, 7) is 13.4. The Bertz CT molecular complexity index is 915. The molecule has 35 heavy (non-hydrogen) atoms. The molecule has 2 aromatic rings. The van der Waals surface area contributed by atoms with Crippen molar-refractivity contribution in [3.05, 3.63) is 58.1 Å². The highest BCUT2D eigenvalue weighted by atomic mass is 35.5. The number of likely N-dealkylation sites (tertiary alicyclic amines) is 1. The summed E-state index contributed by atoms with van der Waals surface area (Å²) in [5, 5.41) is 12.1. The van der Waals surface area contributed by atoms with Gasteiger partial charge in [-0.15, -0.1) is 0 Å². The van der Waals surface area contributed by atoms with E-state index in [-0.39, 0.29) is 6.61 Å². The molecule has 2 aromatic carbocycles. The molecule has 194 valence electrons. The average Bonchev–Trinajstić information content (AvgIpc) is 3.00. The first-order chi connectivity index (χ1) is 16.6. The minimum atomic E-state index is -0.849. The Balaban J connectivity index is 1.44. The first-order valence-electron chi connectivity index (χ1n) is 12.7. The van der Waals surface area contributed by atoms with E-state index in [1.807, 2.05) is 0 Å². The lowest BCUT2D eigenvalue weighted by Gasteiger charge is -2.30. The summed E-state index contributed by atoms with van der Waals surface area (Å²) in [5.41, 5.74) is 0.402. The number of benzene rings is 2. The van der Waals surface area contributed by atoms with Crippen molar-refractivity contribution >= 4 is 23.2 Å². The number of halogens is 2. The normalized spacial score (nSPS) is 19.4. The zero-order valence-electron chi connectivity index (χ0n) is 21.5. The Kier molecular flexibility index (Phi) is 10.6. The fourth-order valence-electron chi connectivity index (χ4n) is 4.65. The third kappa shape index (κ3) is 8.83. The van der Waals surface area contributed by atoms with Crippen molar-refractivity contribution in [3.8, 4) is 11.5 Å². The van der Waals surface area contributed by atoms with Gasteiger partial charge in [-0.05, 0) is 83.3 Å². The molecule has 0 unspecified atom stereocenters. The molecule has 1 N–H and O–H groups in total. The van der Waals surface area contributed by atoms with Gasteiger partial charge in [0.05, 0.1) is 15.6 Å². The van der Waals surface area contributed by atoms with Crippen molar-refractivity contribution in [2.24, 2.45) is 0 Å². The van der Waals surface area contributed by atoms with Crippen molar-refractivity contribution in [2.75, 3.05) is 32.8 Å². The molecule has 1 fully saturated rings. The fourth-order valence-corrected chi connectivity index (χ4v) is 4.94. The van der Waals surface area contributed by atoms with E-state index < -0.39 is 5.60 Å². The van der Waals surface area contributed by atoms with Gasteiger partial charge in [-0.1, -0.05) is 35.3 Å². The van der Waals surface area contributed by atoms with Crippen LogP contribution in [0.3, 0.4) is 0 Å². The zero-order valence-corrected chi connectivity index (χ0v) is 23.0. The monoisotopic (exact) mass is 522 g/mol. The van der Waals surface area contributed by atoms with Crippen molar-refractivity contribution in [1.82, 2.24) is 9.80 Å². The van der Waals surface area contributed by atoms with Gasteiger partial charge in [0.15, 0.2) is 0 Å². The van der Waals surface area contributed by atoms with Crippen LogP contribution in [0.25, 0.3) is 0 Å². The largest absolute Gasteiger partial charge is 0.492 e. The highest BCUT2D eigenvalue weighted by molar-refractivity contribution is 6.42. The molecule has 1 aliphatic heterocycles. The summed E-state index contributed by atoms with van der Waals surface area (Å²) in [4.78, 5) is 4.83. The smallest absolute Gasteiger partial charge is 0.121 e. The SMILES string of the molecule is CC(C)N(CCOc1ccc(CN2CCC[C@@](O)(COc3ccc(Cl)c(Cl)c3)CC2)cc1)C(C)C. The van der Waals surface area contributed by atoms with Gasteiger partial charge in [-0.2, -0.15) is 0 Å². The van der Waals surface area contributed by atoms with E-state index in [1.54, 1.807) is 18.2 Å². The Morgan fingerprint density at radius 2 is 1.60 bits per heavy atom. The minimum Gasteiger partial charge on any atom is -0.492 e. The quantitative estimate of drug-likeness (QED) is 0.375. The van der Waals surface area contributed by atoms with Gasteiger partial charge in [0.25, 0.3) is 0 Å². The zero-order chi connectivity index (χ0) is 25.4. The number of hydrogen-bond donors (Lipinski definition) is 1. The summed E-state index contributed by atoms with van der Waals surface area (Å²) in [6.07, 6.45) is 2.30. The summed E-state index contributed by atoms with van der Waals surface area (Å²) < 4.78 is 11.8. The van der Waals surface area contributed by atoms with Crippen LogP contribution in [0.4, 0.5) is 0 Å². The molecule has 0 radical (unpaired) electrons. The fraction of sp³-hybridized carbons (Fsp3) is 0.571. The number of hydrogen-bond acceptors (Lipinski definition) is 5. The topological polar surface area (TPSA) is 45.2 Å². The molecule has 1 saturated heterocycles. The third-order valence-electron chi connectivity index (χ3n) is 6.68. The van der Waals surface area contributed by atoms with Gasteiger partial charge in [0, 0.05) is 37.8 Å². The van der Waals surface area contributed by atoms with Gasteiger partial charge in [0.1, 0.15) is 24.7 Å². The van der Waals surface area contributed by atoms with Crippen LogP contribution in [0.2, 0.25) is 10.0 Å². The van der Waals surface area contributed by atoms with E-state index in [1.165, 1.54) is 5.56 Å². The lowest BCUT2D eigenvalue weighted by Crippen LogP contribution is -2.39. The van der Waals surface area contributed by atoms with Crippen molar-refractivity contribution in [2.45, 2.75) is 71.2 Å². The van der Waals surface area contributed by atoms with Crippen LogP contribution in [0, 0.1) is 0 Å². The van der Waals surface area contributed by atoms with E-state index in [9.17, 15) is 5.11 Å². The minimum absolute atomic E-state index is 0.246. The molecule has 3 rings (SSSR count). The predicted molar refractivity (Wildman–Crippen MR) is 145 cm³/mol. The van der Waals surface area contributed by atoms with E-state index in [4.69, 9.17) is 32.7 Å². The summed E-state index contributed by atoms with van der Waals surface area (Å²) in [5.74, 6) is 1.53. The molecule has 0 amide bonds. The number of ether oxygens (including phenoxy) is 2. The van der Waals surface area contributed by atoms with E-state index in [0.717, 1.165) is 38.3 Å². The van der Waals surface area contributed by atoms with Crippen molar-refractivity contribution < 1.29 is 14.6 Å². The number of rotatable bonds is 11. The Hall–Kier alpha value is -1.50. The molecular weight excluding hydrogens is 483 g/mol. The van der Waals surface area contributed by atoms with Gasteiger partial charge >= 0.3 is 0 Å². The number of aliphatic hydroxyl groups is 1. The second-order valence-corrected chi connectivity index (χ2v) is 11.0. The molecular formula is C28H40Cl2N2O3. The first-order valence-corrected chi connectivity index (χ1v) is 13.4. The van der Waals surface area contributed by atoms with E-state index >= 15 is 0 Å². The third-order valence-corrected chi connectivity index (χ3v) is 7.42. The summed E-state index contributed by atoms with van der Waals surface area (Å²) >= 11 is 12.0. The highest BCUT2D eigenvalue weighted by Crippen LogP contribution is 2.29. The van der Waals surface area contributed by atoms with E-state index in [0.29, 0.717) is 47.3 Å². The molecule has 0 aliphatic carbocycles. The molecule has 0 aromatic heterocycles. The maximum atomic E-state index is 11.1. The van der Waals surface area contributed by atoms with Gasteiger partial charge in [-0.3, -0.25) is 9.80 Å². The van der Waals surface area contributed by atoms with Crippen LogP contribution in [-0.2, 0) is 6.54 Å². The van der Waals surface area contributed by atoms with Crippen LogP contribution >= 0.6 is 23.2 Å². The van der Waals surface area contributed by atoms with Crippen LogP contribution in [0.15, 0.2) is 42.5 Å². The van der Waals surface area contributed by atoms with Crippen molar-refractivity contribution in [3.63, 3.8) is 0 Å². The summed E-state index contributed by atoms with van der Waals surface area (Å²) in [6, 6.07) is 14.6. The van der Waals surface area contributed by atoms with Gasteiger partial charge in [0.2, 0.25) is 0 Å². The maximum Gasteiger partial charge on any atom is 0.121 e. The van der Waals surface area contributed by atoms with Gasteiger partial charge < -0.3 is 14.6 Å². The summed E-state index contributed by atoms with van der Waals surface area (Å²) in [7, 11) is 0. The lowest BCUT2D eigenvalue weighted by molar-refractivity contribution is -0.0168. The lowest BCUT2D eigenvalue weighted by atomic mass is 9.96. The van der Waals surface area contributed by atoms with Crippen LogP contribution < -0.4 is 9.47 Å². The molecule has 1 heterocycles. The van der Waals surface area contributed by atoms with Crippen LogP contribution in [-0.4, -0.2) is 65.4 Å². The number of nitrogens with zero attached hydrogens (tertiary/aromatic N) is 2. The first kappa shape index (κ1) is 28.1. The molecule has 1 aliphatic rings. The molecule has 0 saturated carbocycles. The Labute approximate surface area is 220 Å². The second-order valence-electron chi connectivity index (χ2n) is 10.1. The Morgan fingerprint density at radius 3 is 2.26 bits per heavy atom. The predicted octanol–water partition coefficient (Wildman–Crippen LogP) is 6.29. The molecule has 0 bridgehead atoms. The molecule has 1 atom stereocenters. The highest BCUT2D eigenvalue weighted by Gasteiger charge is 2.31. The van der Waals surface area contributed by atoms with Crippen LogP contribution in [0.5, 0.6) is 11.5 Å². The van der Waals surface area contributed by atoms with Crippen molar-refractivity contribution in [1.29, 1.82) is 0 Å². The Morgan fingerprint density at radius 1 is 0.914 bits per heavy atom. The standard InChI is InChI=1S/C28H40Cl2N2O3/c1-21(2)32(22(3)4)16-17-34-24-8-6-23(7-9-24)19-31-14-5-12-28(33,13-15-31)20-35-25-10-11-26(29)27(30)18-25/h6-11,18,21-22,33H,5,12-17,19-20H2,1-4H3/t28-/m0/s1. The van der Waals surface area contributed by atoms with E-state index in [2.05, 4.69) is 61.8 Å². The maximum absolute atomic E-state index is 11.1. The second kappa shape index (κ2) is 13.2. The average molecular weight is 524 g/mol. The van der Waals surface area contributed by atoms with Crippen LogP contribution in [0.1, 0.15) is 52.5 Å². The molecule has 5 nitrogen and oxygen atoms in total.